The van der Waals surface area contributed by atoms with Crippen LogP contribution in [0.4, 0.5) is 19.0 Å². The molecule has 0 unspecified atom stereocenters. The second kappa shape index (κ2) is 5.00. The summed E-state index contributed by atoms with van der Waals surface area (Å²) in [6, 6.07) is 5.58. The summed E-state index contributed by atoms with van der Waals surface area (Å²) < 4.78 is 41.5. The molecule has 19 heavy (non-hydrogen) atoms. The van der Waals surface area contributed by atoms with Gasteiger partial charge in [-0.1, -0.05) is 23.7 Å². The summed E-state index contributed by atoms with van der Waals surface area (Å²) in [6.07, 6.45) is -3.35. The van der Waals surface area contributed by atoms with Crippen LogP contribution in [-0.4, -0.2) is 16.1 Å². The van der Waals surface area contributed by atoms with E-state index in [-0.39, 0.29) is 18.1 Å². The number of ether oxygens (including phenoxy) is 1. The molecule has 0 aliphatic rings. The normalized spacial score (nSPS) is 11.6. The van der Waals surface area contributed by atoms with Gasteiger partial charge in [0.25, 0.3) is 0 Å². The molecule has 0 saturated heterocycles. The molecule has 0 bridgehead atoms. The molecule has 2 aromatic rings. The van der Waals surface area contributed by atoms with E-state index in [4.69, 9.17) is 17.3 Å². The molecule has 102 valence electrons. The highest BCUT2D eigenvalue weighted by Crippen LogP contribution is 2.24. The van der Waals surface area contributed by atoms with Crippen molar-refractivity contribution in [2.24, 2.45) is 0 Å². The van der Waals surface area contributed by atoms with Crippen LogP contribution in [0.3, 0.4) is 0 Å². The predicted molar refractivity (Wildman–Crippen MR) is 63.9 cm³/mol. The number of hydrogen-bond acceptors (Lipinski definition) is 3. The number of nitrogen functional groups attached to an aromatic ring is 1. The van der Waals surface area contributed by atoms with Gasteiger partial charge in [0.15, 0.2) is 0 Å². The van der Waals surface area contributed by atoms with E-state index in [0.717, 1.165) is 0 Å². The van der Waals surface area contributed by atoms with Crippen LogP contribution in [0, 0.1) is 0 Å². The van der Waals surface area contributed by atoms with Crippen molar-refractivity contribution in [3.05, 3.63) is 41.0 Å². The minimum Gasteiger partial charge on any atom is -0.406 e. The van der Waals surface area contributed by atoms with Crippen LogP contribution < -0.4 is 10.5 Å². The molecule has 4 nitrogen and oxygen atoms in total. The zero-order valence-electron chi connectivity index (χ0n) is 9.49. The molecule has 2 N–H and O–H groups in total. The van der Waals surface area contributed by atoms with E-state index in [1.807, 2.05) is 0 Å². The van der Waals surface area contributed by atoms with Crippen LogP contribution in [0.25, 0.3) is 0 Å². The maximum absolute atomic E-state index is 12.1. The summed E-state index contributed by atoms with van der Waals surface area (Å²) in [6.45, 7) is 0.202. The molecule has 0 fully saturated rings. The maximum atomic E-state index is 12.1. The Labute approximate surface area is 111 Å². The lowest BCUT2D eigenvalue weighted by Gasteiger charge is -2.10. The highest BCUT2D eigenvalue weighted by molar-refractivity contribution is 6.32. The van der Waals surface area contributed by atoms with E-state index in [1.54, 1.807) is 6.07 Å². The predicted octanol–water partition coefficient (Wildman–Crippen LogP) is 3.07. The van der Waals surface area contributed by atoms with Gasteiger partial charge in [0, 0.05) is 0 Å². The fourth-order valence-electron chi connectivity index (χ4n) is 1.51. The lowest BCUT2D eigenvalue weighted by atomic mass is 10.2. The Morgan fingerprint density at radius 1 is 1.37 bits per heavy atom. The fourth-order valence-corrected chi connectivity index (χ4v) is 1.65. The molecule has 1 heterocycles. The lowest BCUT2D eigenvalue weighted by Crippen LogP contribution is -2.17. The van der Waals surface area contributed by atoms with Crippen molar-refractivity contribution in [1.82, 2.24) is 9.78 Å². The lowest BCUT2D eigenvalue weighted by molar-refractivity contribution is -0.274. The van der Waals surface area contributed by atoms with Crippen LogP contribution in [0.15, 0.2) is 30.5 Å². The standard InChI is InChI=1S/C11H9ClF3N3O/c12-9-5-17-18(10(9)16)6-7-2-1-3-8(4-7)19-11(13,14)15/h1-5H,6,16H2. The molecule has 1 aromatic carbocycles. The third kappa shape index (κ3) is 3.54. The summed E-state index contributed by atoms with van der Waals surface area (Å²) in [5.74, 6) is -0.0365. The summed E-state index contributed by atoms with van der Waals surface area (Å²) in [5.41, 5.74) is 6.21. The minimum atomic E-state index is -4.72. The second-order valence-corrected chi connectivity index (χ2v) is 4.14. The Bertz CT molecular complexity index is 583. The molecule has 0 aliphatic carbocycles. The third-order valence-corrected chi connectivity index (χ3v) is 2.59. The van der Waals surface area contributed by atoms with Crippen LogP contribution >= 0.6 is 11.6 Å². The number of rotatable bonds is 3. The number of nitrogens with two attached hydrogens (primary N) is 1. The van der Waals surface area contributed by atoms with Gasteiger partial charge in [-0.3, -0.25) is 0 Å². The molecule has 0 radical (unpaired) electrons. The first-order valence-corrected chi connectivity index (χ1v) is 5.54. The van der Waals surface area contributed by atoms with Crippen molar-refractivity contribution >= 4 is 17.4 Å². The van der Waals surface area contributed by atoms with Gasteiger partial charge in [-0.05, 0) is 17.7 Å². The SMILES string of the molecule is Nc1c(Cl)cnn1Cc1cccc(OC(F)(F)F)c1. The second-order valence-electron chi connectivity index (χ2n) is 3.73. The molecule has 0 saturated carbocycles. The van der Waals surface area contributed by atoms with Crippen LogP contribution in [-0.2, 0) is 6.54 Å². The number of aromatic nitrogens is 2. The van der Waals surface area contributed by atoms with E-state index in [0.29, 0.717) is 10.6 Å². The first kappa shape index (κ1) is 13.5. The van der Waals surface area contributed by atoms with Crippen molar-refractivity contribution in [2.45, 2.75) is 12.9 Å². The quantitative estimate of drug-likeness (QED) is 0.945. The molecular weight excluding hydrogens is 283 g/mol. The van der Waals surface area contributed by atoms with Crippen molar-refractivity contribution in [1.29, 1.82) is 0 Å². The smallest absolute Gasteiger partial charge is 0.406 e. The highest BCUT2D eigenvalue weighted by Gasteiger charge is 2.31. The Morgan fingerprint density at radius 2 is 2.11 bits per heavy atom. The van der Waals surface area contributed by atoms with E-state index in [2.05, 4.69) is 9.84 Å². The Hall–Kier alpha value is -1.89. The highest BCUT2D eigenvalue weighted by atomic mass is 35.5. The topological polar surface area (TPSA) is 53.1 Å². The summed E-state index contributed by atoms with van der Waals surface area (Å²) in [4.78, 5) is 0. The molecular formula is C11H9ClF3N3O. The number of anilines is 1. The van der Waals surface area contributed by atoms with Crippen molar-refractivity contribution in [3.8, 4) is 5.75 Å². The van der Waals surface area contributed by atoms with Crippen molar-refractivity contribution in [3.63, 3.8) is 0 Å². The monoisotopic (exact) mass is 291 g/mol. The van der Waals surface area contributed by atoms with Gasteiger partial charge in [0.1, 0.15) is 16.6 Å². The summed E-state index contributed by atoms with van der Waals surface area (Å²) in [7, 11) is 0. The van der Waals surface area contributed by atoms with Crippen molar-refractivity contribution < 1.29 is 17.9 Å². The van der Waals surface area contributed by atoms with Crippen LogP contribution in [0.5, 0.6) is 5.75 Å². The van der Waals surface area contributed by atoms with Gasteiger partial charge in [-0.2, -0.15) is 5.10 Å². The first-order chi connectivity index (χ1) is 8.85. The molecule has 0 aliphatic heterocycles. The van der Waals surface area contributed by atoms with E-state index >= 15 is 0 Å². The molecule has 0 spiro atoms. The number of alkyl halides is 3. The van der Waals surface area contributed by atoms with Gasteiger partial charge in [0.05, 0.1) is 12.7 Å². The zero-order valence-corrected chi connectivity index (χ0v) is 10.2. The maximum Gasteiger partial charge on any atom is 0.573 e. The summed E-state index contributed by atoms with van der Waals surface area (Å²) >= 11 is 5.73. The van der Waals surface area contributed by atoms with Crippen LogP contribution in [0.2, 0.25) is 5.02 Å². The number of halogens is 4. The minimum absolute atomic E-state index is 0.202. The van der Waals surface area contributed by atoms with Crippen LogP contribution in [0.1, 0.15) is 5.56 Å². The van der Waals surface area contributed by atoms with E-state index < -0.39 is 6.36 Å². The Kier molecular flexibility index (Phi) is 3.57. The van der Waals surface area contributed by atoms with Gasteiger partial charge in [-0.25, -0.2) is 4.68 Å². The van der Waals surface area contributed by atoms with E-state index in [9.17, 15) is 13.2 Å². The van der Waals surface area contributed by atoms with E-state index in [1.165, 1.54) is 29.1 Å². The van der Waals surface area contributed by atoms with Gasteiger partial charge >= 0.3 is 6.36 Å². The number of nitrogens with zero attached hydrogens (tertiary/aromatic N) is 2. The van der Waals surface area contributed by atoms with Gasteiger partial charge < -0.3 is 10.5 Å². The Balaban J connectivity index is 2.17. The molecule has 2 rings (SSSR count). The number of hydrogen-bond donors (Lipinski definition) is 1. The average molecular weight is 292 g/mol. The molecule has 8 heteroatoms. The zero-order chi connectivity index (χ0) is 14.0. The molecule has 1 aromatic heterocycles. The summed E-state index contributed by atoms with van der Waals surface area (Å²) in [5, 5.41) is 4.21. The van der Waals surface area contributed by atoms with Crippen molar-refractivity contribution in [2.75, 3.05) is 5.73 Å². The molecule has 0 atom stereocenters. The largest absolute Gasteiger partial charge is 0.573 e. The first-order valence-electron chi connectivity index (χ1n) is 5.16. The molecule has 0 amide bonds. The number of benzene rings is 1. The Morgan fingerprint density at radius 3 is 2.68 bits per heavy atom. The average Bonchev–Trinajstić information content (AvgIpc) is 2.59. The third-order valence-electron chi connectivity index (χ3n) is 2.30. The fraction of sp³-hybridized carbons (Fsp3) is 0.182. The van der Waals surface area contributed by atoms with Gasteiger partial charge in [0.2, 0.25) is 0 Å². The van der Waals surface area contributed by atoms with Gasteiger partial charge in [-0.15, -0.1) is 13.2 Å².